The normalized spacial score (nSPS) is 13.4. The van der Waals surface area contributed by atoms with Gasteiger partial charge in [0.25, 0.3) is 5.91 Å². The molecular weight excluding hydrogens is 368 g/mol. The van der Waals surface area contributed by atoms with Gasteiger partial charge in [-0.2, -0.15) is 0 Å². The quantitative estimate of drug-likeness (QED) is 0.670. The van der Waals surface area contributed by atoms with Gasteiger partial charge in [-0.05, 0) is 37.1 Å². The largest absolute Gasteiger partial charge is 0.481 e. The van der Waals surface area contributed by atoms with E-state index in [1.165, 1.54) is 13.0 Å². The van der Waals surface area contributed by atoms with Crippen molar-refractivity contribution in [3.8, 4) is 0 Å². The zero-order chi connectivity index (χ0) is 20.2. The van der Waals surface area contributed by atoms with E-state index < -0.39 is 27.3 Å². The lowest BCUT2D eigenvalue weighted by atomic mass is 9.82. The van der Waals surface area contributed by atoms with Crippen LogP contribution in [0.3, 0.4) is 0 Å². The molecule has 0 fully saturated rings. The number of hydrogen-bond donors (Lipinski definition) is 3. The van der Waals surface area contributed by atoms with E-state index in [1.807, 2.05) is 0 Å². The maximum Gasteiger partial charge on any atom is 0.315 e. The lowest BCUT2D eigenvalue weighted by Gasteiger charge is -2.25. The van der Waals surface area contributed by atoms with Crippen molar-refractivity contribution < 1.29 is 23.1 Å². The molecule has 3 N–H and O–H groups in total. The second-order valence-electron chi connectivity index (χ2n) is 6.59. The molecule has 1 atom stereocenters. The Morgan fingerprint density at radius 3 is 2.30 bits per heavy atom. The summed E-state index contributed by atoms with van der Waals surface area (Å²) in [7, 11) is -3.48. The van der Waals surface area contributed by atoms with Crippen LogP contribution in [0.15, 0.2) is 48.5 Å². The minimum Gasteiger partial charge on any atom is -0.481 e. The standard InChI is InChI=1S/C19H22N2O5S/c1-13-9-10-14(11-16(13)21-27(3,25)26)17(22)20-12-19(2,18(23)24)15-7-5-4-6-8-15/h4-11,21H,12H2,1-3H3,(H,20,22)(H,23,24). The van der Waals surface area contributed by atoms with E-state index in [9.17, 15) is 23.1 Å². The molecular formula is C19H22N2O5S. The van der Waals surface area contributed by atoms with Gasteiger partial charge in [0.1, 0.15) is 5.41 Å². The summed E-state index contributed by atoms with van der Waals surface area (Å²) >= 11 is 0. The number of hydrogen-bond acceptors (Lipinski definition) is 4. The number of carbonyl (C=O) groups excluding carboxylic acids is 1. The molecule has 0 heterocycles. The fraction of sp³-hybridized carbons (Fsp3) is 0.263. The number of amides is 1. The van der Waals surface area contributed by atoms with Gasteiger partial charge in [0.2, 0.25) is 10.0 Å². The number of nitrogens with one attached hydrogen (secondary N) is 2. The second-order valence-corrected chi connectivity index (χ2v) is 8.34. The maximum absolute atomic E-state index is 12.5. The van der Waals surface area contributed by atoms with Gasteiger partial charge in [-0.1, -0.05) is 36.4 Å². The summed E-state index contributed by atoms with van der Waals surface area (Å²) in [5, 5.41) is 12.3. The highest BCUT2D eigenvalue weighted by Gasteiger charge is 2.35. The van der Waals surface area contributed by atoms with E-state index in [-0.39, 0.29) is 12.1 Å². The van der Waals surface area contributed by atoms with E-state index in [4.69, 9.17) is 0 Å². The zero-order valence-corrected chi connectivity index (χ0v) is 16.1. The van der Waals surface area contributed by atoms with Crippen LogP contribution >= 0.6 is 0 Å². The van der Waals surface area contributed by atoms with Crippen LogP contribution in [0, 0.1) is 6.92 Å². The highest BCUT2D eigenvalue weighted by atomic mass is 32.2. The number of carboxylic acids is 1. The van der Waals surface area contributed by atoms with Crippen molar-refractivity contribution in [3.05, 3.63) is 65.2 Å². The average molecular weight is 390 g/mol. The van der Waals surface area contributed by atoms with Crippen molar-refractivity contribution in [1.29, 1.82) is 0 Å². The minimum atomic E-state index is -3.48. The van der Waals surface area contributed by atoms with Gasteiger partial charge in [0.05, 0.1) is 11.9 Å². The number of benzene rings is 2. The first kappa shape index (κ1) is 20.4. The van der Waals surface area contributed by atoms with Crippen LogP contribution in [0.5, 0.6) is 0 Å². The topological polar surface area (TPSA) is 113 Å². The molecule has 2 aromatic rings. The van der Waals surface area contributed by atoms with E-state index in [0.29, 0.717) is 16.8 Å². The highest BCUT2D eigenvalue weighted by molar-refractivity contribution is 7.92. The molecule has 8 heteroatoms. The summed E-state index contributed by atoms with van der Waals surface area (Å²) in [6.07, 6.45) is 1.03. The Balaban J connectivity index is 2.22. The van der Waals surface area contributed by atoms with Crippen molar-refractivity contribution in [2.45, 2.75) is 19.3 Å². The molecule has 1 unspecified atom stereocenters. The summed E-state index contributed by atoms with van der Waals surface area (Å²) in [6.45, 7) is 3.14. The average Bonchev–Trinajstić information content (AvgIpc) is 2.60. The van der Waals surface area contributed by atoms with Crippen LogP contribution in [0.2, 0.25) is 0 Å². The van der Waals surface area contributed by atoms with Gasteiger partial charge in [0.15, 0.2) is 0 Å². The molecule has 0 aromatic heterocycles. The minimum absolute atomic E-state index is 0.117. The van der Waals surface area contributed by atoms with Crippen molar-refractivity contribution in [2.24, 2.45) is 0 Å². The molecule has 7 nitrogen and oxygen atoms in total. The van der Waals surface area contributed by atoms with Crippen LogP contribution in [-0.2, 0) is 20.2 Å². The summed E-state index contributed by atoms with van der Waals surface area (Å²) in [5.74, 6) is -1.55. The van der Waals surface area contributed by atoms with E-state index in [0.717, 1.165) is 6.26 Å². The van der Waals surface area contributed by atoms with Crippen molar-refractivity contribution in [3.63, 3.8) is 0 Å². The number of anilines is 1. The lowest BCUT2D eigenvalue weighted by molar-refractivity contribution is -0.142. The molecule has 1 amide bonds. The van der Waals surface area contributed by atoms with E-state index in [2.05, 4.69) is 10.0 Å². The molecule has 0 saturated heterocycles. The van der Waals surface area contributed by atoms with Crippen LogP contribution in [0.1, 0.15) is 28.4 Å². The predicted molar refractivity (Wildman–Crippen MR) is 103 cm³/mol. The molecule has 0 aliphatic heterocycles. The van der Waals surface area contributed by atoms with Crippen molar-refractivity contribution in [1.82, 2.24) is 5.32 Å². The number of carbonyl (C=O) groups is 2. The third-order valence-corrected chi connectivity index (χ3v) is 4.87. The van der Waals surface area contributed by atoms with Gasteiger partial charge in [-0.25, -0.2) is 8.42 Å². The van der Waals surface area contributed by atoms with Gasteiger partial charge in [-0.15, -0.1) is 0 Å². The summed E-state index contributed by atoms with van der Waals surface area (Å²) in [5.41, 5.74) is 0.467. The zero-order valence-electron chi connectivity index (χ0n) is 15.3. The number of carboxylic acid groups (broad SMARTS) is 1. The van der Waals surface area contributed by atoms with Crippen LogP contribution in [0.4, 0.5) is 5.69 Å². The van der Waals surface area contributed by atoms with Crippen molar-refractivity contribution >= 4 is 27.6 Å². The Labute approximate surface area is 158 Å². The smallest absolute Gasteiger partial charge is 0.315 e. The first-order valence-electron chi connectivity index (χ1n) is 8.18. The molecule has 0 aliphatic rings. The number of aliphatic carboxylic acids is 1. The molecule has 0 aliphatic carbocycles. The first-order valence-corrected chi connectivity index (χ1v) is 10.1. The molecule has 0 bridgehead atoms. The van der Waals surface area contributed by atoms with Gasteiger partial charge >= 0.3 is 5.97 Å². The van der Waals surface area contributed by atoms with Gasteiger partial charge in [-0.3, -0.25) is 14.3 Å². The summed E-state index contributed by atoms with van der Waals surface area (Å²) in [6, 6.07) is 13.2. The SMILES string of the molecule is Cc1ccc(C(=O)NCC(C)(C(=O)O)c2ccccc2)cc1NS(C)(=O)=O. The Hall–Kier alpha value is -2.87. The monoisotopic (exact) mass is 390 g/mol. The van der Waals surface area contributed by atoms with E-state index >= 15 is 0 Å². The molecule has 2 rings (SSSR count). The Morgan fingerprint density at radius 1 is 1.11 bits per heavy atom. The number of sulfonamides is 1. The molecule has 0 spiro atoms. The molecule has 2 aromatic carbocycles. The van der Waals surface area contributed by atoms with Gasteiger partial charge in [0, 0.05) is 12.1 Å². The van der Waals surface area contributed by atoms with Crippen LogP contribution < -0.4 is 10.0 Å². The maximum atomic E-state index is 12.5. The summed E-state index contributed by atoms with van der Waals surface area (Å²) in [4.78, 5) is 24.3. The Morgan fingerprint density at radius 2 is 1.74 bits per heavy atom. The Kier molecular flexibility index (Phi) is 5.90. The fourth-order valence-electron chi connectivity index (χ4n) is 2.54. The number of aryl methyl sites for hydroxylation is 1. The Bertz CT molecular complexity index is 957. The summed E-state index contributed by atoms with van der Waals surface area (Å²) < 4.78 is 25.3. The molecule has 0 radical (unpaired) electrons. The fourth-order valence-corrected chi connectivity index (χ4v) is 3.16. The number of rotatable bonds is 7. The van der Waals surface area contributed by atoms with Crippen LogP contribution in [0.25, 0.3) is 0 Å². The third-order valence-electron chi connectivity index (χ3n) is 4.28. The highest BCUT2D eigenvalue weighted by Crippen LogP contribution is 2.24. The first-order chi connectivity index (χ1) is 12.5. The van der Waals surface area contributed by atoms with Crippen LogP contribution in [-0.4, -0.2) is 38.2 Å². The van der Waals surface area contributed by atoms with E-state index in [1.54, 1.807) is 49.4 Å². The molecule has 27 heavy (non-hydrogen) atoms. The third kappa shape index (κ3) is 5.07. The predicted octanol–water partition coefficient (Wildman–Crippen LogP) is 2.14. The lowest BCUT2D eigenvalue weighted by Crippen LogP contribution is -2.44. The molecule has 144 valence electrons. The second kappa shape index (κ2) is 7.79. The van der Waals surface area contributed by atoms with Crippen molar-refractivity contribution in [2.75, 3.05) is 17.5 Å². The molecule has 0 saturated carbocycles. The van der Waals surface area contributed by atoms with Gasteiger partial charge < -0.3 is 10.4 Å².